The predicted octanol–water partition coefficient (Wildman–Crippen LogP) is 3.43. The third-order valence-corrected chi connectivity index (χ3v) is 5.13. The molecule has 4 rings (SSSR count). The second-order valence-corrected chi connectivity index (χ2v) is 6.24. The van der Waals surface area contributed by atoms with Gasteiger partial charge < -0.3 is 0 Å². The van der Waals surface area contributed by atoms with Crippen molar-refractivity contribution < 1.29 is 4.79 Å². The van der Waals surface area contributed by atoms with Gasteiger partial charge in [0.1, 0.15) is 0 Å². The predicted molar refractivity (Wildman–Crippen MR) is 78.7 cm³/mol. The lowest BCUT2D eigenvalue weighted by molar-refractivity contribution is 0.0922. The number of aromatic nitrogens is 2. The average molecular weight is 354 g/mol. The standard InChI is InChI=1S/C14H15IN2O/c1-8-7-9(2)17(16-8)14(18)12-10-3-5-11(6-4-10)13(12)15/h3,5,7,10-11H,4,6H2,1-2H3/t10-,11+/m0/s1. The molecule has 94 valence electrons. The SMILES string of the molecule is Cc1cc(C)n(C(=O)C2=C(I)[C@@H]3C=C[C@H]2CC3)n1. The van der Waals surface area contributed by atoms with Gasteiger partial charge in [-0.05, 0) is 55.3 Å². The number of nitrogens with zero attached hydrogens (tertiary/aromatic N) is 2. The van der Waals surface area contributed by atoms with E-state index >= 15 is 0 Å². The quantitative estimate of drug-likeness (QED) is 0.572. The molecule has 0 amide bonds. The highest BCUT2D eigenvalue weighted by atomic mass is 127. The fourth-order valence-corrected chi connectivity index (χ4v) is 4.01. The molecule has 0 saturated heterocycles. The van der Waals surface area contributed by atoms with E-state index in [9.17, 15) is 4.79 Å². The lowest BCUT2D eigenvalue weighted by Crippen LogP contribution is -2.28. The molecular formula is C14H15IN2O. The Balaban J connectivity index is 2.03. The van der Waals surface area contributed by atoms with E-state index in [1.54, 1.807) is 4.68 Å². The molecule has 0 aliphatic heterocycles. The first-order chi connectivity index (χ1) is 8.58. The van der Waals surface area contributed by atoms with E-state index in [2.05, 4.69) is 39.8 Å². The highest BCUT2D eigenvalue weighted by Crippen LogP contribution is 2.44. The van der Waals surface area contributed by atoms with Crippen molar-refractivity contribution >= 4 is 28.5 Å². The molecule has 0 N–H and O–H groups in total. The van der Waals surface area contributed by atoms with Crippen LogP contribution in [0, 0.1) is 25.7 Å². The zero-order valence-electron chi connectivity index (χ0n) is 10.5. The number of allylic oxidation sites excluding steroid dienone is 4. The maximum Gasteiger partial charge on any atom is 0.275 e. The van der Waals surface area contributed by atoms with E-state index < -0.39 is 0 Å². The topological polar surface area (TPSA) is 34.9 Å². The number of aryl methyl sites for hydroxylation is 2. The minimum absolute atomic E-state index is 0.0593. The lowest BCUT2D eigenvalue weighted by Gasteiger charge is -2.32. The van der Waals surface area contributed by atoms with Crippen LogP contribution in [0.3, 0.4) is 0 Å². The maximum atomic E-state index is 12.6. The molecule has 0 unspecified atom stereocenters. The van der Waals surface area contributed by atoms with Crippen LogP contribution in [0.4, 0.5) is 0 Å². The van der Waals surface area contributed by atoms with Gasteiger partial charge in [0.25, 0.3) is 5.91 Å². The number of carbonyl (C=O) groups excluding carboxylic acids is 1. The van der Waals surface area contributed by atoms with Gasteiger partial charge in [0.2, 0.25) is 0 Å². The second-order valence-electron chi connectivity index (χ2n) is 5.08. The largest absolute Gasteiger partial charge is 0.275 e. The van der Waals surface area contributed by atoms with Gasteiger partial charge in [0.15, 0.2) is 0 Å². The summed E-state index contributed by atoms with van der Waals surface area (Å²) in [5, 5.41) is 4.31. The summed E-state index contributed by atoms with van der Waals surface area (Å²) in [6, 6.07) is 1.95. The number of fused-ring (bicyclic) bond motifs is 1. The minimum Gasteiger partial charge on any atom is -0.267 e. The Kier molecular flexibility index (Phi) is 2.92. The van der Waals surface area contributed by atoms with Crippen molar-refractivity contribution in [3.05, 3.63) is 38.8 Å². The van der Waals surface area contributed by atoms with Gasteiger partial charge in [0.05, 0.1) is 5.69 Å². The third kappa shape index (κ3) is 1.77. The van der Waals surface area contributed by atoms with E-state index in [4.69, 9.17) is 0 Å². The van der Waals surface area contributed by atoms with Crippen LogP contribution >= 0.6 is 22.6 Å². The number of hydrogen-bond acceptors (Lipinski definition) is 2. The molecule has 0 aromatic carbocycles. The molecule has 0 spiro atoms. The number of halogens is 1. The molecule has 0 saturated carbocycles. The average Bonchev–Trinajstić information content (AvgIpc) is 2.69. The van der Waals surface area contributed by atoms with Crippen LogP contribution in [0.25, 0.3) is 0 Å². The Labute approximate surface area is 120 Å². The number of rotatable bonds is 1. The third-order valence-electron chi connectivity index (χ3n) is 3.75. The second kappa shape index (κ2) is 4.33. The van der Waals surface area contributed by atoms with E-state index in [1.807, 2.05) is 19.9 Å². The van der Waals surface area contributed by atoms with Crippen molar-refractivity contribution in [1.82, 2.24) is 9.78 Å². The molecule has 2 bridgehead atoms. The zero-order chi connectivity index (χ0) is 12.9. The van der Waals surface area contributed by atoms with Gasteiger partial charge in [-0.25, -0.2) is 4.68 Å². The van der Waals surface area contributed by atoms with Gasteiger partial charge in [-0.1, -0.05) is 12.2 Å². The molecule has 1 heterocycles. The van der Waals surface area contributed by atoms with Gasteiger partial charge >= 0.3 is 0 Å². The molecule has 0 fully saturated rings. The van der Waals surface area contributed by atoms with E-state index in [1.165, 1.54) is 10.0 Å². The van der Waals surface area contributed by atoms with Crippen LogP contribution in [0.5, 0.6) is 0 Å². The summed E-state index contributed by atoms with van der Waals surface area (Å²) in [6.45, 7) is 3.85. The van der Waals surface area contributed by atoms with Crippen LogP contribution in [0.2, 0.25) is 0 Å². The van der Waals surface area contributed by atoms with Crippen LogP contribution in [-0.2, 0) is 0 Å². The van der Waals surface area contributed by atoms with Crippen molar-refractivity contribution in [1.29, 1.82) is 0 Å². The maximum absolute atomic E-state index is 12.6. The van der Waals surface area contributed by atoms with Crippen molar-refractivity contribution in [2.75, 3.05) is 0 Å². The van der Waals surface area contributed by atoms with Crippen LogP contribution in [0.15, 0.2) is 27.4 Å². The molecule has 4 heteroatoms. The van der Waals surface area contributed by atoms with Gasteiger partial charge in [-0.2, -0.15) is 5.10 Å². The molecule has 2 atom stereocenters. The summed E-state index contributed by atoms with van der Waals surface area (Å²) in [7, 11) is 0. The highest BCUT2D eigenvalue weighted by Gasteiger charge is 2.34. The molecule has 1 aromatic heterocycles. The summed E-state index contributed by atoms with van der Waals surface area (Å²) in [4.78, 5) is 12.6. The van der Waals surface area contributed by atoms with Crippen molar-refractivity contribution in [2.45, 2.75) is 26.7 Å². The van der Waals surface area contributed by atoms with Gasteiger partial charge in [0, 0.05) is 26.7 Å². The first kappa shape index (κ1) is 12.1. The number of carbonyl (C=O) groups is 1. The van der Waals surface area contributed by atoms with E-state index in [0.717, 1.165) is 23.4 Å². The monoisotopic (exact) mass is 354 g/mol. The van der Waals surface area contributed by atoms with Crippen LogP contribution in [-0.4, -0.2) is 15.7 Å². The van der Waals surface area contributed by atoms with Crippen LogP contribution in [0.1, 0.15) is 29.0 Å². The van der Waals surface area contributed by atoms with Crippen LogP contribution < -0.4 is 0 Å². The van der Waals surface area contributed by atoms with Gasteiger partial charge in [-0.15, -0.1) is 0 Å². The minimum atomic E-state index is 0.0593. The highest BCUT2D eigenvalue weighted by molar-refractivity contribution is 14.1. The fourth-order valence-electron chi connectivity index (χ4n) is 2.86. The Hall–Kier alpha value is -0.910. The molecule has 3 aliphatic rings. The lowest BCUT2D eigenvalue weighted by atomic mass is 9.76. The van der Waals surface area contributed by atoms with Crippen molar-refractivity contribution in [2.24, 2.45) is 11.8 Å². The Morgan fingerprint density at radius 2 is 2.00 bits per heavy atom. The Morgan fingerprint density at radius 3 is 2.50 bits per heavy atom. The fraction of sp³-hybridized carbons (Fsp3) is 0.429. The molecule has 18 heavy (non-hydrogen) atoms. The summed E-state index contributed by atoms with van der Waals surface area (Å²) in [5.41, 5.74) is 2.77. The molecule has 3 nitrogen and oxygen atoms in total. The first-order valence-corrected chi connectivity index (χ1v) is 7.31. The van der Waals surface area contributed by atoms with Crippen molar-refractivity contribution in [3.8, 4) is 0 Å². The first-order valence-electron chi connectivity index (χ1n) is 6.24. The summed E-state index contributed by atoms with van der Waals surface area (Å²) in [6.07, 6.45) is 6.70. The summed E-state index contributed by atoms with van der Waals surface area (Å²) >= 11 is 2.34. The molecule has 0 radical (unpaired) electrons. The summed E-state index contributed by atoms with van der Waals surface area (Å²) < 4.78 is 2.77. The normalized spacial score (nSPS) is 25.9. The Bertz CT molecular complexity index is 583. The van der Waals surface area contributed by atoms with E-state index in [0.29, 0.717) is 11.8 Å². The number of hydrogen-bond donors (Lipinski definition) is 0. The summed E-state index contributed by atoms with van der Waals surface area (Å²) in [5.74, 6) is 0.800. The molecular weight excluding hydrogens is 339 g/mol. The smallest absolute Gasteiger partial charge is 0.267 e. The zero-order valence-corrected chi connectivity index (χ0v) is 12.6. The van der Waals surface area contributed by atoms with Gasteiger partial charge in [-0.3, -0.25) is 4.79 Å². The molecule has 3 aliphatic carbocycles. The molecule has 1 aromatic rings. The Morgan fingerprint density at radius 1 is 1.33 bits per heavy atom. The van der Waals surface area contributed by atoms with Crippen molar-refractivity contribution in [3.63, 3.8) is 0 Å². The van der Waals surface area contributed by atoms with E-state index in [-0.39, 0.29) is 5.91 Å².